The van der Waals surface area contributed by atoms with E-state index in [1.165, 1.54) is 0 Å². The number of carbonyl (C=O) groups excluding carboxylic acids is 1. The Bertz CT molecular complexity index is 178. The standard InChI is InChI=1S/C10H18O2S/c1-5-6-13-7-9(4)12-10(11)8(2)3/h9H,2,5-7H2,1,3-4H3. The van der Waals surface area contributed by atoms with Crippen LogP contribution in [0.5, 0.6) is 0 Å². The minimum atomic E-state index is -0.287. The molecular formula is C10H18O2S. The summed E-state index contributed by atoms with van der Waals surface area (Å²) in [7, 11) is 0. The van der Waals surface area contributed by atoms with Crippen molar-refractivity contribution in [2.75, 3.05) is 11.5 Å². The molecule has 0 spiro atoms. The lowest BCUT2D eigenvalue weighted by atomic mass is 10.3. The van der Waals surface area contributed by atoms with Crippen molar-refractivity contribution in [2.24, 2.45) is 0 Å². The third kappa shape index (κ3) is 6.70. The summed E-state index contributed by atoms with van der Waals surface area (Å²) in [6.07, 6.45) is 1.15. The minimum absolute atomic E-state index is 0.0132. The molecule has 0 aromatic rings. The van der Waals surface area contributed by atoms with Crippen molar-refractivity contribution in [1.29, 1.82) is 0 Å². The molecule has 1 unspecified atom stereocenters. The maximum Gasteiger partial charge on any atom is 0.333 e. The quantitative estimate of drug-likeness (QED) is 0.376. The molecule has 0 radical (unpaired) electrons. The van der Waals surface area contributed by atoms with Crippen molar-refractivity contribution >= 4 is 17.7 Å². The summed E-state index contributed by atoms with van der Waals surface area (Å²) in [5.74, 6) is 1.70. The van der Waals surface area contributed by atoms with E-state index in [9.17, 15) is 4.79 Å². The summed E-state index contributed by atoms with van der Waals surface area (Å²) in [6, 6.07) is 0. The van der Waals surface area contributed by atoms with Gasteiger partial charge in [-0.05, 0) is 26.0 Å². The Balaban J connectivity index is 3.55. The van der Waals surface area contributed by atoms with Crippen LogP contribution in [-0.4, -0.2) is 23.6 Å². The van der Waals surface area contributed by atoms with E-state index in [-0.39, 0.29) is 12.1 Å². The van der Waals surface area contributed by atoms with Crippen LogP contribution < -0.4 is 0 Å². The van der Waals surface area contributed by atoms with Gasteiger partial charge in [0, 0.05) is 11.3 Å². The summed E-state index contributed by atoms with van der Waals surface area (Å²) in [5.41, 5.74) is 0.465. The highest BCUT2D eigenvalue weighted by atomic mass is 32.2. The Morgan fingerprint density at radius 3 is 2.69 bits per heavy atom. The number of thioether (sulfide) groups is 1. The van der Waals surface area contributed by atoms with Crippen LogP contribution in [0.1, 0.15) is 27.2 Å². The van der Waals surface area contributed by atoms with Gasteiger partial charge in [-0.2, -0.15) is 11.8 Å². The zero-order valence-electron chi connectivity index (χ0n) is 8.63. The van der Waals surface area contributed by atoms with Crippen LogP contribution in [0.3, 0.4) is 0 Å². The fourth-order valence-electron chi connectivity index (χ4n) is 0.711. The zero-order chi connectivity index (χ0) is 10.3. The van der Waals surface area contributed by atoms with Gasteiger partial charge in [0.05, 0.1) is 0 Å². The first kappa shape index (κ1) is 12.6. The normalized spacial score (nSPS) is 12.2. The molecule has 3 heteroatoms. The maximum absolute atomic E-state index is 11.1. The number of hydrogen-bond donors (Lipinski definition) is 0. The van der Waals surface area contributed by atoms with E-state index in [2.05, 4.69) is 13.5 Å². The van der Waals surface area contributed by atoms with Gasteiger partial charge in [0.2, 0.25) is 0 Å². The third-order valence-corrected chi connectivity index (χ3v) is 2.76. The molecule has 0 saturated carbocycles. The SMILES string of the molecule is C=C(C)C(=O)OC(C)CSCCC. The molecule has 0 aliphatic rings. The van der Waals surface area contributed by atoms with E-state index in [0.29, 0.717) is 5.57 Å². The van der Waals surface area contributed by atoms with Crippen molar-refractivity contribution in [3.05, 3.63) is 12.2 Å². The van der Waals surface area contributed by atoms with Crippen LogP contribution in [0.15, 0.2) is 12.2 Å². The van der Waals surface area contributed by atoms with Gasteiger partial charge < -0.3 is 4.74 Å². The Morgan fingerprint density at radius 2 is 2.23 bits per heavy atom. The number of carbonyl (C=O) groups is 1. The molecule has 0 saturated heterocycles. The van der Waals surface area contributed by atoms with Crippen molar-refractivity contribution in [2.45, 2.75) is 33.3 Å². The first-order valence-electron chi connectivity index (χ1n) is 4.52. The smallest absolute Gasteiger partial charge is 0.333 e. The Kier molecular flexibility index (Phi) is 6.77. The van der Waals surface area contributed by atoms with E-state index < -0.39 is 0 Å². The molecule has 1 atom stereocenters. The molecule has 0 aromatic carbocycles. The number of ether oxygens (including phenoxy) is 1. The molecular weight excluding hydrogens is 184 g/mol. The van der Waals surface area contributed by atoms with E-state index in [1.54, 1.807) is 6.92 Å². The fraction of sp³-hybridized carbons (Fsp3) is 0.700. The van der Waals surface area contributed by atoms with Crippen LogP contribution in [0, 0.1) is 0 Å². The van der Waals surface area contributed by atoms with E-state index in [1.807, 2.05) is 18.7 Å². The largest absolute Gasteiger partial charge is 0.458 e. The van der Waals surface area contributed by atoms with Gasteiger partial charge in [-0.1, -0.05) is 13.5 Å². The van der Waals surface area contributed by atoms with Crippen LogP contribution in [-0.2, 0) is 9.53 Å². The Hall–Kier alpha value is -0.440. The first-order valence-corrected chi connectivity index (χ1v) is 5.67. The molecule has 76 valence electrons. The number of esters is 1. The lowest BCUT2D eigenvalue weighted by Crippen LogP contribution is -2.17. The van der Waals surface area contributed by atoms with Gasteiger partial charge in [0.25, 0.3) is 0 Å². The molecule has 0 amide bonds. The molecule has 0 bridgehead atoms. The predicted molar refractivity (Wildman–Crippen MR) is 58.0 cm³/mol. The lowest BCUT2D eigenvalue weighted by molar-refractivity contribution is -0.142. The fourth-order valence-corrected chi connectivity index (χ4v) is 1.57. The van der Waals surface area contributed by atoms with Crippen molar-refractivity contribution in [3.8, 4) is 0 Å². The second-order valence-corrected chi connectivity index (χ2v) is 4.22. The minimum Gasteiger partial charge on any atom is -0.458 e. The molecule has 0 aliphatic carbocycles. The topological polar surface area (TPSA) is 26.3 Å². The van der Waals surface area contributed by atoms with Gasteiger partial charge in [-0.25, -0.2) is 4.79 Å². The second-order valence-electron chi connectivity index (χ2n) is 3.07. The summed E-state index contributed by atoms with van der Waals surface area (Å²) in [4.78, 5) is 11.1. The molecule has 0 fully saturated rings. The van der Waals surface area contributed by atoms with E-state index in [0.717, 1.165) is 17.9 Å². The summed E-state index contributed by atoms with van der Waals surface area (Å²) >= 11 is 1.81. The van der Waals surface area contributed by atoms with Crippen molar-refractivity contribution < 1.29 is 9.53 Å². The monoisotopic (exact) mass is 202 g/mol. The van der Waals surface area contributed by atoms with Gasteiger partial charge in [0.15, 0.2) is 0 Å². The first-order chi connectivity index (χ1) is 6.07. The summed E-state index contributed by atoms with van der Waals surface area (Å²) in [5, 5.41) is 0. The molecule has 0 aromatic heterocycles. The zero-order valence-corrected chi connectivity index (χ0v) is 9.45. The Morgan fingerprint density at radius 1 is 1.62 bits per heavy atom. The van der Waals surface area contributed by atoms with Crippen LogP contribution in [0.25, 0.3) is 0 Å². The number of rotatable bonds is 6. The molecule has 13 heavy (non-hydrogen) atoms. The average Bonchev–Trinajstić information content (AvgIpc) is 2.04. The van der Waals surface area contributed by atoms with Gasteiger partial charge >= 0.3 is 5.97 Å². The molecule has 0 aliphatic heterocycles. The van der Waals surface area contributed by atoms with Gasteiger partial charge in [-0.15, -0.1) is 0 Å². The maximum atomic E-state index is 11.1. The summed E-state index contributed by atoms with van der Waals surface area (Å²) < 4.78 is 5.10. The highest BCUT2D eigenvalue weighted by Crippen LogP contribution is 2.08. The van der Waals surface area contributed by atoms with Crippen LogP contribution >= 0.6 is 11.8 Å². The van der Waals surface area contributed by atoms with Crippen LogP contribution in [0.2, 0.25) is 0 Å². The van der Waals surface area contributed by atoms with Gasteiger partial charge in [-0.3, -0.25) is 0 Å². The lowest BCUT2D eigenvalue weighted by Gasteiger charge is -2.12. The summed E-state index contributed by atoms with van der Waals surface area (Å²) in [6.45, 7) is 9.23. The van der Waals surface area contributed by atoms with Crippen molar-refractivity contribution in [1.82, 2.24) is 0 Å². The van der Waals surface area contributed by atoms with Gasteiger partial charge in [0.1, 0.15) is 6.10 Å². The molecule has 0 rings (SSSR count). The highest BCUT2D eigenvalue weighted by molar-refractivity contribution is 7.99. The number of hydrogen-bond acceptors (Lipinski definition) is 3. The predicted octanol–water partition coefficient (Wildman–Crippen LogP) is 2.64. The average molecular weight is 202 g/mol. The molecule has 2 nitrogen and oxygen atoms in total. The van der Waals surface area contributed by atoms with Crippen molar-refractivity contribution in [3.63, 3.8) is 0 Å². The van der Waals surface area contributed by atoms with Crippen LogP contribution in [0.4, 0.5) is 0 Å². The molecule has 0 heterocycles. The third-order valence-electron chi connectivity index (χ3n) is 1.36. The Labute approximate surface area is 84.7 Å². The second kappa shape index (κ2) is 7.01. The van der Waals surface area contributed by atoms with E-state index in [4.69, 9.17) is 4.74 Å². The molecule has 0 N–H and O–H groups in total. The highest BCUT2D eigenvalue weighted by Gasteiger charge is 2.09. The van der Waals surface area contributed by atoms with E-state index >= 15 is 0 Å².